The molecule has 6 heterocycles. The Labute approximate surface area is 244 Å². The molecule has 9 heteroatoms. The van der Waals surface area contributed by atoms with Crippen molar-refractivity contribution in [3.8, 4) is 17.3 Å². The molecule has 0 saturated carbocycles. The Morgan fingerprint density at radius 1 is 1.07 bits per heavy atom. The quantitative estimate of drug-likeness (QED) is 0.331. The molecule has 218 valence electrons. The number of aryl methyl sites for hydroxylation is 1. The molecule has 4 aromatic rings. The summed E-state index contributed by atoms with van der Waals surface area (Å²) in [6, 6.07) is 13.0. The number of pyridine rings is 1. The number of nitrogens with zero attached hydrogens (tertiary/aromatic N) is 5. The third kappa shape index (κ3) is 4.23. The number of aromatic nitrogens is 3. The number of benzene rings is 2. The zero-order valence-corrected chi connectivity index (χ0v) is 24.0. The Morgan fingerprint density at radius 2 is 1.88 bits per heavy atom. The van der Waals surface area contributed by atoms with Gasteiger partial charge >= 0.3 is 6.01 Å². The maximum absolute atomic E-state index is 16.7. The Bertz CT molecular complexity index is 1660. The summed E-state index contributed by atoms with van der Waals surface area (Å²) >= 11 is 0. The minimum atomic E-state index is -0.849. The molecule has 2 aromatic heterocycles. The van der Waals surface area contributed by atoms with Crippen LogP contribution in [0, 0.1) is 5.82 Å². The van der Waals surface area contributed by atoms with E-state index in [1.54, 1.807) is 6.20 Å². The van der Waals surface area contributed by atoms with Gasteiger partial charge in [0.1, 0.15) is 29.8 Å². The lowest BCUT2D eigenvalue weighted by atomic mass is 9.95. The number of hydrogen-bond acceptors (Lipinski definition) is 7. The molecule has 8 rings (SSSR count). The topological polar surface area (TPSA) is 66.4 Å². The first kappa shape index (κ1) is 26.2. The van der Waals surface area contributed by atoms with Gasteiger partial charge in [-0.25, -0.2) is 8.78 Å². The maximum atomic E-state index is 16.7. The second-order valence-corrected chi connectivity index (χ2v) is 12.6. The van der Waals surface area contributed by atoms with Gasteiger partial charge in [0.05, 0.1) is 10.9 Å². The van der Waals surface area contributed by atoms with Crippen molar-refractivity contribution in [3.05, 3.63) is 54.0 Å². The number of piperazine rings is 1. The van der Waals surface area contributed by atoms with Crippen molar-refractivity contribution in [2.24, 2.45) is 0 Å². The summed E-state index contributed by atoms with van der Waals surface area (Å²) in [4.78, 5) is 18.7. The lowest BCUT2D eigenvalue weighted by Crippen LogP contribution is -2.51. The van der Waals surface area contributed by atoms with E-state index in [0.717, 1.165) is 73.6 Å². The summed E-state index contributed by atoms with van der Waals surface area (Å²) in [7, 11) is 0. The number of alkyl halides is 1. The zero-order valence-electron chi connectivity index (χ0n) is 24.0. The van der Waals surface area contributed by atoms with Gasteiger partial charge < -0.3 is 15.0 Å². The van der Waals surface area contributed by atoms with Crippen molar-refractivity contribution in [1.82, 2.24) is 25.2 Å². The van der Waals surface area contributed by atoms with Crippen LogP contribution < -0.4 is 15.0 Å². The SMILES string of the molecule is CCc1cccc2cccc(-c3ncc4c(N5C[C@H]6CC[C@@H](C5)N6)nc(OC[C@@]56CCCN5C[C@H](F)C6)nc4c3F)c12. The van der Waals surface area contributed by atoms with E-state index < -0.39 is 12.0 Å². The van der Waals surface area contributed by atoms with Gasteiger partial charge in [0, 0.05) is 49.9 Å². The van der Waals surface area contributed by atoms with E-state index in [-0.39, 0.29) is 22.8 Å². The molecule has 2 aromatic carbocycles. The predicted molar refractivity (Wildman–Crippen MR) is 160 cm³/mol. The number of nitrogens with one attached hydrogen (secondary N) is 1. The highest BCUT2D eigenvalue weighted by Gasteiger charge is 2.49. The van der Waals surface area contributed by atoms with Gasteiger partial charge in [-0.15, -0.1) is 0 Å². The van der Waals surface area contributed by atoms with E-state index in [1.807, 2.05) is 18.2 Å². The van der Waals surface area contributed by atoms with Crippen molar-refractivity contribution in [2.45, 2.75) is 69.2 Å². The molecule has 4 fully saturated rings. The largest absolute Gasteiger partial charge is 0.461 e. The summed E-state index contributed by atoms with van der Waals surface area (Å²) in [5.74, 6) is 0.192. The fourth-order valence-corrected chi connectivity index (χ4v) is 8.04. The van der Waals surface area contributed by atoms with Crippen molar-refractivity contribution in [3.63, 3.8) is 0 Å². The molecule has 4 saturated heterocycles. The fourth-order valence-electron chi connectivity index (χ4n) is 8.04. The number of hydrogen-bond donors (Lipinski definition) is 1. The predicted octanol–water partition coefficient (Wildman–Crippen LogP) is 5.44. The minimum Gasteiger partial charge on any atom is -0.461 e. The smallest absolute Gasteiger partial charge is 0.319 e. The highest BCUT2D eigenvalue weighted by molar-refractivity contribution is 6.00. The number of rotatable bonds is 6. The molecule has 4 aliphatic rings. The Balaban J connectivity index is 1.25. The van der Waals surface area contributed by atoms with Crippen LogP contribution >= 0.6 is 0 Å². The van der Waals surface area contributed by atoms with E-state index >= 15 is 4.39 Å². The average Bonchev–Trinajstić information content (AvgIpc) is 3.65. The lowest BCUT2D eigenvalue weighted by molar-refractivity contribution is 0.107. The van der Waals surface area contributed by atoms with E-state index in [9.17, 15) is 4.39 Å². The van der Waals surface area contributed by atoms with E-state index in [2.05, 4.69) is 45.2 Å². The highest BCUT2D eigenvalue weighted by Crippen LogP contribution is 2.41. The standard InChI is InChI=1S/C33H36F2N6O/c1-2-20-6-3-7-21-8-4-9-25(27(20)21)29-28(35)30-26(15-36-29)31(40-17-23-10-11-24(18-40)37-23)39-32(38-30)42-19-33-12-5-13-41(33)16-22(34)14-33/h3-4,6-9,15,22-24,37H,2,5,10-14,16-19H2,1H3/t22-,23-,24+,33+/m1/s1. The lowest BCUT2D eigenvalue weighted by Gasteiger charge is -2.34. The van der Waals surface area contributed by atoms with E-state index in [1.165, 1.54) is 0 Å². The Morgan fingerprint density at radius 3 is 2.69 bits per heavy atom. The van der Waals surface area contributed by atoms with Crippen molar-refractivity contribution >= 4 is 27.5 Å². The second kappa shape index (κ2) is 10.1. The highest BCUT2D eigenvalue weighted by atomic mass is 19.1. The van der Waals surface area contributed by atoms with Crippen LogP contribution in [-0.4, -0.2) is 76.4 Å². The first-order chi connectivity index (χ1) is 20.5. The third-order valence-corrected chi connectivity index (χ3v) is 10.0. The molecule has 4 aliphatic heterocycles. The Kier molecular flexibility index (Phi) is 6.30. The molecular formula is C33H36F2N6O. The van der Waals surface area contributed by atoms with Crippen molar-refractivity contribution in [1.29, 1.82) is 0 Å². The number of ether oxygens (including phenoxy) is 1. The van der Waals surface area contributed by atoms with Gasteiger partial charge in [-0.05, 0) is 55.0 Å². The van der Waals surface area contributed by atoms with Gasteiger partial charge in [-0.2, -0.15) is 9.97 Å². The first-order valence-corrected chi connectivity index (χ1v) is 15.4. The first-order valence-electron chi connectivity index (χ1n) is 15.4. The van der Waals surface area contributed by atoms with Gasteiger partial charge in [-0.3, -0.25) is 9.88 Å². The summed E-state index contributed by atoms with van der Waals surface area (Å²) in [5, 5.41) is 6.32. The molecule has 0 spiro atoms. The second-order valence-electron chi connectivity index (χ2n) is 12.6. The van der Waals surface area contributed by atoms with E-state index in [0.29, 0.717) is 42.9 Å². The van der Waals surface area contributed by atoms with Gasteiger partial charge in [0.2, 0.25) is 0 Å². The van der Waals surface area contributed by atoms with Crippen LogP contribution in [0.2, 0.25) is 0 Å². The maximum Gasteiger partial charge on any atom is 0.319 e. The average molecular weight is 571 g/mol. The molecule has 2 bridgehead atoms. The summed E-state index contributed by atoms with van der Waals surface area (Å²) < 4.78 is 37.5. The summed E-state index contributed by atoms with van der Waals surface area (Å²) in [5.41, 5.74) is 2.06. The minimum absolute atomic E-state index is 0.148. The monoisotopic (exact) mass is 570 g/mol. The summed E-state index contributed by atoms with van der Waals surface area (Å²) in [6.07, 6.45) is 6.32. The normalized spacial score (nSPS) is 27.3. The molecule has 0 unspecified atom stereocenters. The van der Waals surface area contributed by atoms with Gasteiger partial charge in [-0.1, -0.05) is 43.3 Å². The number of anilines is 1. The molecule has 42 heavy (non-hydrogen) atoms. The van der Waals surface area contributed by atoms with Crippen LogP contribution in [0.15, 0.2) is 42.6 Å². The summed E-state index contributed by atoms with van der Waals surface area (Å²) in [6.45, 7) is 5.32. The van der Waals surface area contributed by atoms with Gasteiger partial charge in [0.25, 0.3) is 0 Å². The molecule has 1 N–H and O–H groups in total. The van der Waals surface area contributed by atoms with Crippen LogP contribution in [0.25, 0.3) is 32.9 Å². The molecule has 0 amide bonds. The molecule has 0 radical (unpaired) electrons. The van der Waals surface area contributed by atoms with Crippen LogP contribution in [0.5, 0.6) is 6.01 Å². The van der Waals surface area contributed by atoms with Crippen molar-refractivity contribution in [2.75, 3.05) is 37.7 Å². The Hall–Kier alpha value is -3.43. The molecule has 7 nitrogen and oxygen atoms in total. The van der Waals surface area contributed by atoms with Crippen LogP contribution in [0.3, 0.4) is 0 Å². The van der Waals surface area contributed by atoms with Crippen LogP contribution in [0.4, 0.5) is 14.6 Å². The van der Waals surface area contributed by atoms with Crippen molar-refractivity contribution < 1.29 is 13.5 Å². The number of fused-ring (bicyclic) bond motifs is 5. The molecule has 4 atom stereocenters. The van der Waals surface area contributed by atoms with Crippen LogP contribution in [0.1, 0.15) is 44.6 Å². The zero-order chi connectivity index (χ0) is 28.4. The number of halogens is 2. The van der Waals surface area contributed by atoms with Crippen LogP contribution in [-0.2, 0) is 6.42 Å². The fraction of sp³-hybridized carbons (Fsp3) is 0.485. The van der Waals surface area contributed by atoms with E-state index in [4.69, 9.17) is 14.7 Å². The van der Waals surface area contributed by atoms with Gasteiger partial charge in [0.15, 0.2) is 5.82 Å². The third-order valence-electron chi connectivity index (χ3n) is 10.0. The molecular weight excluding hydrogens is 534 g/mol. The molecule has 0 aliphatic carbocycles.